The van der Waals surface area contributed by atoms with Gasteiger partial charge in [-0.15, -0.1) is 0 Å². The van der Waals surface area contributed by atoms with E-state index < -0.39 is 6.03 Å². The van der Waals surface area contributed by atoms with Crippen LogP contribution in [0.4, 0.5) is 4.79 Å². The smallest absolute Gasteiger partial charge is 0.312 e. The van der Waals surface area contributed by atoms with Crippen molar-refractivity contribution in [1.29, 1.82) is 0 Å². The number of rotatable bonds is 10. The molecule has 0 aliphatic heterocycles. The Morgan fingerprint density at radius 1 is 0.958 bits per heavy atom. The van der Waals surface area contributed by atoms with Crippen molar-refractivity contribution in [3.63, 3.8) is 0 Å². The zero-order valence-corrected chi connectivity index (χ0v) is 14.3. The van der Waals surface area contributed by atoms with Gasteiger partial charge in [-0.05, 0) is 18.9 Å². The number of hydrogen-bond donors (Lipinski definition) is 3. The molecule has 1 aromatic carbocycles. The fraction of sp³-hybridized carbons (Fsp3) is 0.500. The second-order valence-corrected chi connectivity index (χ2v) is 5.04. The molecule has 0 aliphatic rings. The number of unbranched alkanes of at least 4 members (excludes halogenated alkanes) is 1. The number of methoxy groups -OCH3 is 3. The van der Waals surface area contributed by atoms with Crippen molar-refractivity contribution in [2.45, 2.75) is 25.8 Å². The lowest BCUT2D eigenvalue weighted by Crippen LogP contribution is -2.30. The monoisotopic (exact) mass is 339 g/mol. The van der Waals surface area contributed by atoms with E-state index >= 15 is 0 Å². The van der Waals surface area contributed by atoms with Gasteiger partial charge in [0.2, 0.25) is 5.91 Å². The van der Waals surface area contributed by atoms with Crippen LogP contribution in [0.15, 0.2) is 12.1 Å². The van der Waals surface area contributed by atoms with E-state index in [-0.39, 0.29) is 5.91 Å². The van der Waals surface area contributed by atoms with Gasteiger partial charge >= 0.3 is 6.03 Å². The predicted molar refractivity (Wildman–Crippen MR) is 89.4 cm³/mol. The molecule has 0 spiro atoms. The first-order chi connectivity index (χ1) is 11.5. The van der Waals surface area contributed by atoms with Crippen molar-refractivity contribution in [2.24, 2.45) is 5.73 Å². The van der Waals surface area contributed by atoms with Gasteiger partial charge in [0.1, 0.15) is 5.75 Å². The summed E-state index contributed by atoms with van der Waals surface area (Å²) < 4.78 is 15.8. The second kappa shape index (κ2) is 10.2. The summed E-state index contributed by atoms with van der Waals surface area (Å²) in [6.45, 7) is 0.786. The van der Waals surface area contributed by atoms with Crippen molar-refractivity contribution in [3.8, 4) is 17.2 Å². The molecule has 4 N–H and O–H groups in total. The number of carbonyl (C=O) groups excluding carboxylic acids is 2. The molecule has 1 rings (SSSR count). The third-order valence-corrected chi connectivity index (χ3v) is 3.39. The largest absolute Gasteiger partial charge is 0.496 e. The number of primary amides is 1. The number of nitrogens with two attached hydrogens (primary N) is 1. The lowest BCUT2D eigenvalue weighted by Gasteiger charge is -2.14. The van der Waals surface area contributed by atoms with Crippen LogP contribution >= 0.6 is 0 Å². The second-order valence-electron chi connectivity index (χ2n) is 5.04. The maximum Gasteiger partial charge on any atom is 0.312 e. The molecule has 0 unspecified atom stereocenters. The predicted octanol–water partition coefficient (Wildman–Crippen LogP) is 1.17. The summed E-state index contributed by atoms with van der Waals surface area (Å²) >= 11 is 0. The highest BCUT2D eigenvalue weighted by Crippen LogP contribution is 2.34. The minimum Gasteiger partial charge on any atom is -0.496 e. The van der Waals surface area contributed by atoms with Crippen LogP contribution in [0.3, 0.4) is 0 Å². The normalized spacial score (nSPS) is 9.96. The number of nitrogens with one attached hydrogen (secondary N) is 2. The molecular weight excluding hydrogens is 314 g/mol. The molecule has 8 heteroatoms. The Balaban J connectivity index is 2.51. The molecule has 0 saturated carbocycles. The SMILES string of the molecule is COc1cc(OC)c(OC)cc1CNC(=O)CCCCNC(N)=O. The van der Waals surface area contributed by atoms with Crippen LogP contribution in [0, 0.1) is 0 Å². The van der Waals surface area contributed by atoms with Gasteiger partial charge in [0.25, 0.3) is 0 Å². The van der Waals surface area contributed by atoms with E-state index in [1.165, 1.54) is 0 Å². The van der Waals surface area contributed by atoms with Gasteiger partial charge in [0.05, 0.1) is 21.3 Å². The molecule has 8 nitrogen and oxygen atoms in total. The Morgan fingerprint density at radius 2 is 1.58 bits per heavy atom. The number of benzene rings is 1. The van der Waals surface area contributed by atoms with Gasteiger partial charge in [-0.25, -0.2) is 4.79 Å². The van der Waals surface area contributed by atoms with Crippen molar-refractivity contribution in [3.05, 3.63) is 17.7 Å². The lowest BCUT2D eigenvalue weighted by atomic mass is 10.1. The highest BCUT2D eigenvalue weighted by atomic mass is 16.5. The Bertz CT molecular complexity index is 563. The highest BCUT2D eigenvalue weighted by Gasteiger charge is 2.12. The Morgan fingerprint density at radius 3 is 2.17 bits per heavy atom. The van der Waals surface area contributed by atoms with E-state index in [4.69, 9.17) is 19.9 Å². The summed E-state index contributed by atoms with van der Waals surface area (Å²) in [4.78, 5) is 22.4. The van der Waals surface area contributed by atoms with Gasteiger partial charge < -0.3 is 30.6 Å². The summed E-state index contributed by atoms with van der Waals surface area (Å²) in [5.74, 6) is 1.66. The first kappa shape index (κ1) is 19.4. The van der Waals surface area contributed by atoms with E-state index in [9.17, 15) is 9.59 Å². The molecule has 0 aromatic heterocycles. The molecular formula is C16H25N3O5. The first-order valence-corrected chi connectivity index (χ1v) is 7.60. The number of urea groups is 1. The standard InChI is InChI=1S/C16H25N3O5/c1-22-12-9-14(24-3)13(23-2)8-11(12)10-19-15(20)6-4-5-7-18-16(17)21/h8-9H,4-7,10H2,1-3H3,(H,19,20)(H3,17,18,21). The van der Waals surface area contributed by atoms with E-state index in [1.54, 1.807) is 33.5 Å². The van der Waals surface area contributed by atoms with E-state index in [0.717, 1.165) is 5.56 Å². The Kier molecular flexibility index (Phi) is 8.24. The molecule has 1 aromatic rings. The van der Waals surface area contributed by atoms with Crippen LogP contribution in [0.2, 0.25) is 0 Å². The van der Waals surface area contributed by atoms with Gasteiger partial charge in [0, 0.05) is 31.1 Å². The summed E-state index contributed by atoms with van der Waals surface area (Å²) in [5, 5.41) is 5.32. The molecule has 0 radical (unpaired) electrons. The van der Waals surface area contributed by atoms with Gasteiger partial charge in [-0.2, -0.15) is 0 Å². The summed E-state index contributed by atoms with van der Waals surface area (Å²) in [7, 11) is 4.65. The minimum absolute atomic E-state index is 0.0779. The molecule has 24 heavy (non-hydrogen) atoms. The number of hydrogen-bond acceptors (Lipinski definition) is 5. The average Bonchev–Trinajstić information content (AvgIpc) is 2.58. The summed E-state index contributed by atoms with van der Waals surface area (Å²) in [6.07, 6.45) is 1.72. The number of ether oxygens (including phenoxy) is 3. The van der Waals surface area contributed by atoms with Crippen LogP contribution in [-0.4, -0.2) is 39.8 Å². The highest BCUT2D eigenvalue weighted by molar-refractivity contribution is 5.76. The molecule has 0 fully saturated rings. The number of carbonyl (C=O) groups is 2. The van der Waals surface area contributed by atoms with Gasteiger partial charge in [0.15, 0.2) is 11.5 Å². The molecule has 0 aliphatic carbocycles. The zero-order chi connectivity index (χ0) is 17.9. The molecule has 0 atom stereocenters. The quantitative estimate of drug-likeness (QED) is 0.554. The average molecular weight is 339 g/mol. The lowest BCUT2D eigenvalue weighted by molar-refractivity contribution is -0.121. The first-order valence-electron chi connectivity index (χ1n) is 7.60. The maximum atomic E-state index is 11.9. The van der Waals surface area contributed by atoms with Crippen LogP contribution in [0.5, 0.6) is 17.2 Å². The molecule has 3 amide bonds. The molecule has 0 heterocycles. The Labute approximate surface area is 141 Å². The van der Waals surface area contributed by atoms with Crippen LogP contribution in [-0.2, 0) is 11.3 Å². The summed E-state index contributed by atoms with van der Waals surface area (Å²) in [5.41, 5.74) is 5.75. The van der Waals surface area contributed by atoms with Crippen molar-refractivity contribution >= 4 is 11.9 Å². The zero-order valence-electron chi connectivity index (χ0n) is 14.3. The van der Waals surface area contributed by atoms with Gasteiger partial charge in [-0.1, -0.05) is 0 Å². The van der Waals surface area contributed by atoms with E-state index in [2.05, 4.69) is 10.6 Å². The van der Waals surface area contributed by atoms with Crippen molar-refractivity contribution < 1.29 is 23.8 Å². The summed E-state index contributed by atoms with van der Waals surface area (Å²) in [6, 6.07) is 2.94. The van der Waals surface area contributed by atoms with Crippen molar-refractivity contribution in [2.75, 3.05) is 27.9 Å². The van der Waals surface area contributed by atoms with Crippen LogP contribution in [0.25, 0.3) is 0 Å². The third kappa shape index (κ3) is 6.23. The number of amides is 3. The van der Waals surface area contributed by atoms with E-state index in [1.807, 2.05) is 0 Å². The minimum atomic E-state index is -0.556. The maximum absolute atomic E-state index is 11.9. The molecule has 0 bridgehead atoms. The van der Waals surface area contributed by atoms with Crippen LogP contribution in [0.1, 0.15) is 24.8 Å². The van der Waals surface area contributed by atoms with E-state index in [0.29, 0.717) is 49.6 Å². The Hall–Kier alpha value is -2.64. The molecule has 134 valence electrons. The molecule has 0 saturated heterocycles. The van der Waals surface area contributed by atoms with Crippen molar-refractivity contribution in [1.82, 2.24) is 10.6 Å². The van der Waals surface area contributed by atoms with Gasteiger partial charge in [-0.3, -0.25) is 4.79 Å². The topological polar surface area (TPSA) is 112 Å². The fourth-order valence-electron chi connectivity index (χ4n) is 2.13. The van der Waals surface area contributed by atoms with Crippen LogP contribution < -0.4 is 30.6 Å². The fourth-order valence-corrected chi connectivity index (χ4v) is 2.13. The third-order valence-electron chi connectivity index (χ3n) is 3.39.